The summed E-state index contributed by atoms with van der Waals surface area (Å²) < 4.78 is 69.2. The summed E-state index contributed by atoms with van der Waals surface area (Å²) >= 11 is 0. The predicted molar refractivity (Wildman–Crippen MR) is 162 cm³/mol. The summed E-state index contributed by atoms with van der Waals surface area (Å²) in [5, 5.41) is 9.13. The van der Waals surface area contributed by atoms with E-state index >= 15 is 0 Å². The Morgan fingerprint density at radius 2 is 1.07 bits per heavy atom. The van der Waals surface area contributed by atoms with Crippen LogP contribution in [0.3, 0.4) is 0 Å². The smallest absolute Gasteiger partial charge is 1.00 e. The third-order valence-electron chi connectivity index (χ3n) is 5.75. The Labute approximate surface area is 283 Å². The van der Waals surface area contributed by atoms with E-state index in [1.807, 2.05) is 13.8 Å². The van der Waals surface area contributed by atoms with E-state index in [9.17, 15) is 21.6 Å². The molecule has 4 aromatic rings. The van der Waals surface area contributed by atoms with E-state index in [1.165, 1.54) is 62.8 Å². The van der Waals surface area contributed by atoms with Crippen LogP contribution in [-0.4, -0.2) is 50.9 Å². The van der Waals surface area contributed by atoms with Gasteiger partial charge in [-0.25, -0.2) is 0 Å². The maximum atomic E-state index is 12.2. The van der Waals surface area contributed by atoms with Crippen molar-refractivity contribution in [1.29, 1.82) is 0 Å². The van der Waals surface area contributed by atoms with E-state index in [4.69, 9.17) is 22.9 Å². The number of hydrogen-bond donors (Lipinski definition) is 1. The Balaban J connectivity index is 0.000000807. The molecule has 4 aromatic carbocycles. The Kier molecular flexibility index (Phi) is 15.2. The molecule has 0 saturated carbocycles. The first-order chi connectivity index (χ1) is 19.9. The van der Waals surface area contributed by atoms with Crippen molar-refractivity contribution < 1.29 is 75.6 Å². The topological polar surface area (TPSA) is 142 Å². The molecular weight excluding hydrogens is 618 g/mol. The van der Waals surface area contributed by atoms with Gasteiger partial charge in [0.25, 0.3) is 0 Å². The number of rotatable bonds is 10. The number of carbonyl (C=O) groups is 1. The average molecular weight is 650 g/mol. The maximum absolute atomic E-state index is 12.2. The third-order valence-corrected chi connectivity index (χ3v) is 8.25. The number of ether oxygens (including phenoxy) is 2. The summed E-state index contributed by atoms with van der Waals surface area (Å²) in [6.45, 7) is 3.50. The van der Waals surface area contributed by atoms with Crippen LogP contribution in [0.2, 0.25) is 0 Å². The van der Waals surface area contributed by atoms with Crippen molar-refractivity contribution in [3.8, 4) is 23.0 Å². The van der Waals surface area contributed by atoms with Gasteiger partial charge in [0.15, 0.2) is 23.0 Å². The molecule has 1 N–H and O–H groups in total. The monoisotopic (exact) mass is 649 g/mol. The molecule has 3 radical (unpaired) electrons. The van der Waals surface area contributed by atoms with Crippen LogP contribution in [0.1, 0.15) is 28.5 Å². The van der Waals surface area contributed by atoms with E-state index in [-0.39, 0.29) is 78.8 Å². The summed E-state index contributed by atoms with van der Waals surface area (Å²) in [4.78, 5) is 10.9. The molecule has 44 heavy (non-hydrogen) atoms. The average Bonchev–Trinajstić information content (AvgIpc) is 2.97. The molecule has 4 rings (SSSR count). The molecule has 0 unspecified atom stereocenters. The number of methoxy groups -OCH3 is 2. The van der Waals surface area contributed by atoms with Crippen molar-refractivity contribution in [2.24, 2.45) is 0 Å². The Morgan fingerprint density at radius 1 is 0.659 bits per heavy atom. The van der Waals surface area contributed by atoms with Crippen molar-refractivity contribution in [3.05, 3.63) is 107 Å². The van der Waals surface area contributed by atoms with Gasteiger partial charge in [0.1, 0.15) is 16.1 Å². The fourth-order valence-electron chi connectivity index (χ4n) is 3.46. The fourth-order valence-corrected chi connectivity index (χ4v) is 5.32. The van der Waals surface area contributed by atoms with E-state index in [2.05, 4.69) is 0 Å². The van der Waals surface area contributed by atoms with Crippen LogP contribution in [0, 0.1) is 13.8 Å². The minimum atomic E-state index is -3.98. The van der Waals surface area contributed by atoms with Crippen molar-refractivity contribution in [3.63, 3.8) is 0 Å². The second-order valence-corrected chi connectivity index (χ2v) is 12.0. The van der Waals surface area contributed by atoms with Gasteiger partial charge < -0.3 is 24.4 Å². The van der Waals surface area contributed by atoms with E-state index in [0.717, 1.165) is 11.1 Å². The number of hydrogen-bond acceptors (Lipinski definition) is 10. The minimum absolute atomic E-state index is 0. The van der Waals surface area contributed by atoms with Gasteiger partial charge >= 0.3 is 49.8 Å². The molecule has 0 atom stereocenters. The molecule has 0 saturated heterocycles. The molecule has 0 amide bonds. The quantitative estimate of drug-likeness (QED) is 0.153. The SMILES string of the molecule is COc1ccc(C=O)cc1OS(=O)(=O)c1ccc(C)cc1.COc1ccc(CO)cc1OS(=O)(=O)c1ccc(C)cc1.[B].[H-].[Na+]. The Morgan fingerprint density at radius 3 is 1.45 bits per heavy atom. The number of carbonyl (C=O) groups excluding carboxylic acids is 1. The van der Waals surface area contributed by atoms with Gasteiger partial charge in [0, 0.05) is 14.0 Å². The molecule has 0 fully saturated rings. The molecule has 0 spiro atoms. The first kappa shape index (κ1) is 38.7. The van der Waals surface area contributed by atoms with Crippen molar-refractivity contribution in [2.45, 2.75) is 30.2 Å². The molecule has 14 heteroatoms. The number of aliphatic hydroxyl groups excluding tert-OH is 1. The zero-order valence-electron chi connectivity index (χ0n) is 25.9. The first-order valence-electron chi connectivity index (χ1n) is 12.4. The molecule has 0 heterocycles. The van der Waals surface area contributed by atoms with Crippen LogP contribution < -0.4 is 47.4 Å². The summed E-state index contributed by atoms with van der Waals surface area (Å²) in [6.07, 6.45) is 0.602. The molecule has 10 nitrogen and oxygen atoms in total. The van der Waals surface area contributed by atoms with Gasteiger partial charge in [0.05, 0.1) is 20.8 Å². The van der Waals surface area contributed by atoms with Gasteiger partial charge in [-0.15, -0.1) is 0 Å². The molecule has 0 aliphatic carbocycles. The molecule has 0 aliphatic rings. The standard InChI is InChI=1S/C15H16O5S.C15H14O5S.B.Na.H/c2*1-11-3-6-13(7-4-11)21(17,18)20-15-9-12(10-16)5-8-14(15)19-2;;;/h3-9,16H,10H2,1-2H3;3-10H,1-2H3;;;/q;;;+1;-1. The van der Waals surface area contributed by atoms with Crippen LogP contribution in [0.25, 0.3) is 0 Å². The van der Waals surface area contributed by atoms with Crippen LogP contribution in [-0.2, 0) is 26.8 Å². The van der Waals surface area contributed by atoms with Gasteiger partial charge in [0.2, 0.25) is 0 Å². The van der Waals surface area contributed by atoms with E-state index in [1.54, 1.807) is 36.4 Å². The van der Waals surface area contributed by atoms with Gasteiger partial charge in [-0.1, -0.05) is 41.5 Å². The largest absolute Gasteiger partial charge is 1.00 e. The third kappa shape index (κ3) is 10.4. The zero-order chi connectivity index (χ0) is 30.9. The van der Waals surface area contributed by atoms with E-state index < -0.39 is 20.2 Å². The fraction of sp³-hybridized carbons (Fsp3) is 0.167. The maximum Gasteiger partial charge on any atom is 1.00 e. The number of aliphatic hydroxyl groups is 1. The van der Waals surface area contributed by atoms with Gasteiger partial charge in [-0.2, -0.15) is 16.8 Å². The van der Waals surface area contributed by atoms with Crippen molar-refractivity contribution >= 4 is 34.9 Å². The first-order valence-corrected chi connectivity index (χ1v) is 15.2. The predicted octanol–water partition coefficient (Wildman–Crippen LogP) is 1.58. The second-order valence-electron chi connectivity index (χ2n) is 8.87. The van der Waals surface area contributed by atoms with Crippen LogP contribution in [0.15, 0.2) is 94.7 Å². The number of benzene rings is 4. The minimum Gasteiger partial charge on any atom is -1.00 e. The molecule has 0 aliphatic heterocycles. The summed E-state index contributed by atoms with van der Waals surface area (Å²) in [7, 11) is -5.13. The summed E-state index contributed by atoms with van der Waals surface area (Å²) in [5.74, 6) is 0.534. The van der Waals surface area contributed by atoms with Crippen molar-refractivity contribution in [2.75, 3.05) is 14.2 Å². The second kappa shape index (κ2) is 17.2. The zero-order valence-corrected chi connectivity index (χ0v) is 28.5. The van der Waals surface area contributed by atoms with Crippen LogP contribution in [0.4, 0.5) is 0 Å². The molecule has 0 bridgehead atoms. The molecule has 227 valence electrons. The Bertz CT molecular complexity index is 1750. The summed E-state index contributed by atoms with van der Waals surface area (Å²) in [6, 6.07) is 21.5. The normalized spacial score (nSPS) is 10.6. The number of aryl methyl sites for hydroxylation is 2. The molecule has 0 aromatic heterocycles. The van der Waals surface area contributed by atoms with E-state index in [0.29, 0.717) is 17.4 Å². The van der Waals surface area contributed by atoms with Gasteiger partial charge in [-0.05, 0) is 74.0 Å². The Hall–Kier alpha value is -3.33. The van der Waals surface area contributed by atoms with Crippen LogP contribution >= 0.6 is 0 Å². The van der Waals surface area contributed by atoms with Gasteiger partial charge in [-0.3, -0.25) is 4.79 Å². The number of aldehydes is 1. The van der Waals surface area contributed by atoms with Crippen LogP contribution in [0.5, 0.6) is 23.0 Å². The summed E-state index contributed by atoms with van der Waals surface area (Å²) in [5.41, 5.74) is 2.72. The van der Waals surface area contributed by atoms with Crippen molar-refractivity contribution in [1.82, 2.24) is 0 Å². The molecular formula is C30H31BNaO10S2.